The fraction of sp³-hybridized carbons (Fsp3) is 0.235. The molecule has 0 aliphatic rings. The molecule has 0 aliphatic heterocycles. The highest BCUT2D eigenvalue weighted by atomic mass is 19.4. The van der Waals surface area contributed by atoms with Gasteiger partial charge in [-0.05, 0) is 30.3 Å². The Kier molecular flexibility index (Phi) is 5.26. The van der Waals surface area contributed by atoms with Gasteiger partial charge in [-0.15, -0.1) is 0 Å². The van der Waals surface area contributed by atoms with Gasteiger partial charge in [0.25, 0.3) is 5.91 Å². The van der Waals surface area contributed by atoms with E-state index in [4.69, 9.17) is 4.42 Å². The molecule has 2 N–H and O–H groups in total. The van der Waals surface area contributed by atoms with Gasteiger partial charge in [0.2, 0.25) is 0 Å². The van der Waals surface area contributed by atoms with E-state index in [1.807, 2.05) is 0 Å². The summed E-state index contributed by atoms with van der Waals surface area (Å²) in [5.41, 5.74) is -0.568. The van der Waals surface area contributed by atoms with Crippen molar-refractivity contribution in [3.8, 4) is 5.69 Å². The number of nitrogens with zero attached hydrogens (tertiary/aromatic N) is 3. The van der Waals surface area contributed by atoms with Gasteiger partial charge in [-0.1, -0.05) is 0 Å². The largest absolute Gasteiger partial charge is 0.463 e. The fourth-order valence-electron chi connectivity index (χ4n) is 2.59. The Morgan fingerprint density at radius 2 is 2.15 bits per heavy atom. The molecule has 0 aliphatic carbocycles. The van der Waals surface area contributed by atoms with Crippen LogP contribution >= 0.6 is 0 Å². The molecule has 2 heterocycles. The predicted molar refractivity (Wildman–Crippen MR) is 89.2 cm³/mol. The van der Waals surface area contributed by atoms with E-state index in [9.17, 15) is 18.0 Å². The zero-order chi connectivity index (χ0) is 19.4. The summed E-state index contributed by atoms with van der Waals surface area (Å²) in [6, 6.07) is 6.59. The van der Waals surface area contributed by atoms with Gasteiger partial charge >= 0.3 is 6.18 Å². The molecule has 1 unspecified atom stereocenters. The molecular formula is C17H17F3N5O2+. The molecule has 0 spiro atoms. The summed E-state index contributed by atoms with van der Waals surface area (Å²) in [7, 11) is 1.78. The van der Waals surface area contributed by atoms with Gasteiger partial charge < -0.3 is 14.6 Å². The molecule has 0 bridgehead atoms. The average Bonchev–Trinajstić information content (AvgIpc) is 3.27. The number of quaternary nitrogens is 1. The summed E-state index contributed by atoms with van der Waals surface area (Å²) in [6.45, 7) is 0.521. The van der Waals surface area contributed by atoms with Gasteiger partial charge in [-0.3, -0.25) is 4.79 Å². The molecule has 0 radical (unpaired) electrons. The average molecular weight is 380 g/mol. The van der Waals surface area contributed by atoms with Gasteiger partial charge in [0.05, 0.1) is 30.2 Å². The van der Waals surface area contributed by atoms with E-state index >= 15 is 0 Å². The number of anilines is 1. The number of halogens is 3. The Bertz CT molecular complexity index is 892. The summed E-state index contributed by atoms with van der Waals surface area (Å²) in [6.07, 6.45) is -0.394. The SMILES string of the molecule is C[NH+](CC(=O)Nc1cc(C(F)(F)F)ccc1-n1cncn1)Cc1ccco1. The van der Waals surface area contributed by atoms with Crippen LogP contribution in [0.1, 0.15) is 11.3 Å². The topological polar surface area (TPSA) is 77.4 Å². The van der Waals surface area contributed by atoms with Crippen LogP contribution in [0.2, 0.25) is 0 Å². The van der Waals surface area contributed by atoms with Crippen molar-refractivity contribution < 1.29 is 27.3 Å². The smallest absolute Gasteiger partial charge is 0.416 e. The van der Waals surface area contributed by atoms with Crippen molar-refractivity contribution >= 4 is 11.6 Å². The normalized spacial score (nSPS) is 12.7. The Hall–Kier alpha value is -3.14. The molecule has 27 heavy (non-hydrogen) atoms. The van der Waals surface area contributed by atoms with Crippen molar-refractivity contribution in [2.45, 2.75) is 12.7 Å². The van der Waals surface area contributed by atoms with Crippen molar-refractivity contribution in [2.75, 3.05) is 18.9 Å². The lowest BCUT2D eigenvalue weighted by molar-refractivity contribution is -0.886. The number of likely N-dealkylation sites (N-methyl/N-ethyl adjacent to an activating group) is 1. The maximum atomic E-state index is 13.0. The van der Waals surface area contributed by atoms with Gasteiger partial charge in [0, 0.05) is 0 Å². The fourth-order valence-corrected chi connectivity index (χ4v) is 2.59. The lowest BCUT2D eigenvalue weighted by Gasteiger charge is -2.16. The van der Waals surface area contributed by atoms with E-state index in [1.54, 1.807) is 19.2 Å². The van der Waals surface area contributed by atoms with Crippen LogP contribution in [-0.2, 0) is 17.5 Å². The summed E-state index contributed by atoms with van der Waals surface area (Å²) in [5, 5.41) is 6.46. The minimum absolute atomic E-state index is 0.00567. The van der Waals surface area contributed by atoms with Crippen molar-refractivity contribution in [3.05, 3.63) is 60.6 Å². The van der Waals surface area contributed by atoms with E-state index < -0.39 is 17.6 Å². The molecule has 3 aromatic rings. The number of hydrogen-bond acceptors (Lipinski definition) is 4. The number of carbonyl (C=O) groups excluding carboxylic acids is 1. The van der Waals surface area contributed by atoms with E-state index in [0.29, 0.717) is 12.3 Å². The zero-order valence-corrected chi connectivity index (χ0v) is 14.3. The highest BCUT2D eigenvalue weighted by Gasteiger charge is 2.31. The zero-order valence-electron chi connectivity index (χ0n) is 14.3. The van der Waals surface area contributed by atoms with Gasteiger partial charge in [-0.2, -0.15) is 18.3 Å². The molecule has 2 aromatic heterocycles. The van der Waals surface area contributed by atoms with Crippen LogP contribution < -0.4 is 10.2 Å². The van der Waals surface area contributed by atoms with E-state index in [-0.39, 0.29) is 17.9 Å². The standard InChI is InChI=1S/C17H16F3N5O2/c1-24(8-13-3-2-6-27-13)9-16(26)23-14-7-12(17(18,19)20)4-5-15(14)25-11-21-10-22-25/h2-7,10-11H,8-9H2,1H3,(H,23,26)/p+1. The predicted octanol–water partition coefficient (Wildman–Crippen LogP) is 1.53. The molecule has 3 rings (SSSR count). The highest BCUT2D eigenvalue weighted by Crippen LogP contribution is 2.33. The lowest BCUT2D eigenvalue weighted by Crippen LogP contribution is -3.08. The minimum Gasteiger partial charge on any atom is -0.463 e. The Morgan fingerprint density at radius 1 is 1.33 bits per heavy atom. The van der Waals surface area contributed by atoms with Gasteiger partial charge in [0.1, 0.15) is 19.2 Å². The number of nitrogens with one attached hydrogen (secondary N) is 2. The van der Waals surface area contributed by atoms with Crippen LogP contribution in [-0.4, -0.2) is 34.3 Å². The molecule has 10 heteroatoms. The Morgan fingerprint density at radius 3 is 2.78 bits per heavy atom. The summed E-state index contributed by atoms with van der Waals surface area (Å²) < 4.78 is 45.6. The minimum atomic E-state index is -4.53. The number of carbonyl (C=O) groups is 1. The van der Waals surface area contributed by atoms with Crippen LogP contribution in [0.5, 0.6) is 0 Å². The number of hydrogen-bond donors (Lipinski definition) is 2. The molecule has 1 atom stereocenters. The Balaban J connectivity index is 1.78. The van der Waals surface area contributed by atoms with Crippen LogP contribution in [0.4, 0.5) is 18.9 Å². The quantitative estimate of drug-likeness (QED) is 0.680. The first-order valence-electron chi connectivity index (χ1n) is 8.02. The van der Waals surface area contributed by atoms with Crippen molar-refractivity contribution in [2.24, 2.45) is 0 Å². The van der Waals surface area contributed by atoms with Gasteiger partial charge in [0.15, 0.2) is 12.3 Å². The Labute approximate surface area is 152 Å². The van der Waals surface area contributed by atoms with E-state index in [0.717, 1.165) is 17.0 Å². The number of amides is 1. The monoisotopic (exact) mass is 380 g/mol. The molecule has 0 saturated heterocycles. The number of aromatic nitrogens is 3. The van der Waals surface area contributed by atoms with E-state index in [1.165, 1.54) is 29.7 Å². The number of benzene rings is 1. The first-order chi connectivity index (χ1) is 12.8. The summed E-state index contributed by atoms with van der Waals surface area (Å²) in [5.74, 6) is 0.280. The number of alkyl halides is 3. The lowest BCUT2D eigenvalue weighted by atomic mass is 10.1. The molecule has 0 saturated carbocycles. The van der Waals surface area contributed by atoms with Gasteiger partial charge in [-0.25, -0.2) is 9.67 Å². The summed E-state index contributed by atoms with van der Waals surface area (Å²) in [4.78, 5) is 16.9. The second kappa shape index (κ2) is 7.62. The number of furan rings is 1. The van der Waals surface area contributed by atoms with Crippen LogP contribution in [0, 0.1) is 0 Å². The molecule has 7 nitrogen and oxygen atoms in total. The first kappa shape index (κ1) is 18.6. The molecule has 1 amide bonds. The van der Waals surface area contributed by atoms with Crippen molar-refractivity contribution in [1.82, 2.24) is 14.8 Å². The van der Waals surface area contributed by atoms with Crippen LogP contribution in [0.3, 0.4) is 0 Å². The summed E-state index contributed by atoms with van der Waals surface area (Å²) >= 11 is 0. The molecule has 142 valence electrons. The third-order valence-electron chi connectivity index (χ3n) is 3.78. The third-order valence-corrected chi connectivity index (χ3v) is 3.78. The third kappa shape index (κ3) is 4.73. The van der Waals surface area contributed by atoms with Crippen molar-refractivity contribution in [3.63, 3.8) is 0 Å². The highest BCUT2D eigenvalue weighted by molar-refractivity contribution is 5.93. The number of rotatable bonds is 6. The van der Waals surface area contributed by atoms with Crippen LogP contribution in [0.25, 0.3) is 5.69 Å². The maximum absolute atomic E-state index is 13.0. The van der Waals surface area contributed by atoms with Crippen LogP contribution in [0.15, 0.2) is 53.7 Å². The molecular weight excluding hydrogens is 363 g/mol. The second-order valence-electron chi connectivity index (χ2n) is 6.01. The second-order valence-corrected chi connectivity index (χ2v) is 6.01. The molecule has 0 fully saturated rings. The maximum Gasteiger partial charge on any atom is 0.416 e. The van der Waals surface area contributed by atoms with E-state index in [2.05, 4.69) is 15.4 Å². The first-order valence-corrected chi connectivity index (χ1v) is 8.02. The molecule has 1 aromatic carbocycles. The van der Waals surface area contributed by atoms with Crippen molar-refractivity contribution in [1.29, 1.82) is 0 Å².